The molecule has 5 heteroatoms. The van der Waals surface area contributed by atoms with Crippen LogP contribution in [0, 0.1) is 5.92 Å². The number of carbonyl (C=O) groups excluding carboxylic acids is 1. The quantitative estimate of drug-likeness (QED) is 0.793. The first-order valence-corrected chi connectivity index (χ1v) is 10.8. The van der Waals surface area contributed by atoms with Gasteiger partial charge in [-0.3, -0.25) is 4.79 Å². The van der Waals surface area contributed by atoms with Gasteiger partial charge in [-0.2, -0.15) is 0 Å². The van der Waals surface area contributed by atoms with Crippen molar-refractivity contribution in [2.75, 3.05) is 0 Å². The molecule has 6 atom stereocenters. The van der Waals surface area contributed by atoms with Crippen molar-refractivity contribution in [3.63, 3.8) is 0 Å². The van der Waals surface area contributed by atoms with Gasteiger partial charge in [0.1, 0.15) is 17.5 Å². The summed E-state index contributed by atoms with van der Waals surface area (Å²) < 4.78 is 18.8. The van der Waals surface area contributed by atoms with E-state index in [0.717, 1.165) is 24.0 Å². The van der Waals surface area contributed by atoms with Crippen molar-refractivity contribution in [1.29, 1.82) is 0 Å². The van der Waals surface area contributed by atoms with Crippen LogP contribution in [-0.2, 0) is 32.2 Å². The molecule has 5 rings (SSSR count). The standard InChI is InChI=1S/C25H28O5/c26-19-13-20-21-11-12-22(28-15-17-7-3-1-4-8-17)24(30-21)25(27,14-19)23(20)29-16-18-9-5-2-6-10-18/h1-10,20-24,27H,11-16H2/t20?,21-,22-,23+,24+,25?/m1/s1. The van der Waals surface area contributed by atoms with Crippen LogP contribution in [0.15, 0.2) is 60.7 Å². The zero-order chi connectivity index (χ0) is 20.6. The number of hydrogen-bond acceptors (Lipinski definition) is 5. The first kappa shape index (κ1) is 19.9. The molecule has 3 aliphatic rings. The molecule has 0 radical (unpaired) electrons. The van der Waals surface area contributed by atoms with Gasteiger partial charge in [-0.15, -0.1) is 0 Å². The summed E-state index contributed by atoms with van der Waals surface area (Å²) >= 11 is 0. The van der Waals surface area contributed by atoms with E-state index in [1.165, 1.54) is 0 Å². The third kappa shape index (κ3) is 3.71. The second-order valence-corrected chi connectivity index (χ2v) is 8.80. The topological polar surface area (TPSA) is 65.0 Å². The van der Waals surface area contributed by atoms with Gasteiger partial charge in [-0.25, -0.2) is 0 Å². The van der Waals surface area contributed by atoms with Crippen molar-refractivity contribution in [3.05, 3.63) is 71.8 Å². The zero-order valence-electron chi connectivity index (χ0n) is 17.0. The fourth-order valence-corrected chi connectivity index (χ4v) is 5.37. The zero-order valence-corrected chi connectivity index (χ0v) is 17.0. The van der Waals surface area contributed by atoms with Crippen molar-refractivity contribution in [2.45, 2.75) is 68.9 Å². The third-order valence-electron chi connectivity index (χ3n) is 6.77. The first-order valence-electron chi connectivity index (χ1n) is 10.8. The van der Waals surface area contributed by atoms with Gasteiger partial charge in [0.25, 0.3) is 0 Å². The van der Waals surface area contributed by atoms with Crippen LogP contribution in [0.2, 0.25) is 0 Å². The number of ether oxygens (including phenoxy) is 3. The molecule has 1 saturated carbocycles. The monoisotopic (exact) mass is 408 g/mol. The number of ketones is 1. The highest BCUT2D eigenvalue weighted by Crippen LogP contribution is 2.49. The number of carbonyl (C=O) groups is 1. The smallest absolute Gasteiger partial charge is 0.136 e. The lowest BCUT2D eigenvalue weighted by molar-refractivity contribution is -0.315. The molecule has 3 fully saturated rings. The van der Waals surface area contributed by atoms with E-state index in [-0.39, 0.29) is 30.3 Å². The van der Waals surface area contributed by atoms with Crippen LogP contribution in [0.1, 0.15) is 36.8 Å². The molecular weight excluding hydrogens is 380 g/mol. The van der Waals surface area contributed by atoms with Gasteiger partial charge in [0.2, 0.25) is 0 Å². The molecule has 2 saturated heterocycles. The Morgan fingerprint density at radius 1 is 0.933 bits per heavy atom. The minimum Gasteiger partial charge on any atom is -0.384 e. The largest absolute Gasteiger partial charge is 0.384 e. The molecule has 2 aromatic carbocycles. The summed E-state index contributed by atoms with van der Waals surface area (Å²) in [7, 11) is 0. The Morgan fingerprint density at radius 3 is 2.23 bits per heavy atom. The lowest BCUT2D eigenvalue weighted by Crippen LogP contribution is -2.72. The Kier molecular flexibility index (Phi) is 5.46. The van der Waals surface area contributed by atoms with Crippen LogP contribution in [0.3, 0.4) is 0 Å². The van der Waals surface area contributed by atoms with Crippen molar-refractivity contribution in [3.8, 4) is 0 Å². The summed E-state index contributed by atoms with van der Waals surface area (Å²) in [5.74, 6) is -0.0182. The lowest BCUT2D eigenvalue weighted by Gasteiger charge is -2.58. The molecule has 158 valence electrons. The fourth-order valence-electron chi connectivity index (χ4n) is 5.37. The van der Waals surface area contributed by atoms with E-state index in [2.05, 4.69) is 0 Å². The van der Waals surface area contributed by atoms with E-state index in [0.29, 0.717) is 19.6 Å². The van der Waals surface area contributed by atoms with Crippen LogP contribution in [0.5, 0.6) is 0 Å². The molecule has 0 amide bonds. The highest BCUT2D eigenvalue weighted by molar-refractivity contribution is 5.81. The molecule has 5 nitrogen and oxygen atoms in total. The van der Waals surface area contributed by atoms with Crippen LogP contribution in [-0.4, -0.2) is 40.9 Å². The highest BCUT2D eigenvalue weighted by Gasteiger charge is 2.63. The van der Waals surface area contributed by atoms with Crippen LogP contribution < -0.4 is 0 Å². The number of aliphatic hydroxyl groups is 1. The maximum atomic E-state index is 12.5. The second-order valence-electron chi connectivity index (χ2n) is 8.80. The van der Waals surface area contributed by atoms with Gasteiger partial charge in [-0.1, -0.05) is 60.7 Å². The van der Waals surface area contributed by atoms with E-state index >= 15 is 0 Å². The average molecular weight is 408 g/mol. The summed E-state index contributed by atoms with van der Waals surface area (Å²) in [5, 5.41) is 11.7. The molecular formula is C25H28O5. The van der Waals surface area contributed by atoms with Crippen molar-refractivity contribution in [1.82, 2.24) is 0 Å². The molecule has 2 aromatic rings. The van der Waals surface area contributed by atoms with Crippen LogP contribution in [0.4, 0.5) is 0 Å². The van der Waals surface area contributed by atoms with Crippen molar-refractivity contribution in [2.24, 2.45) is 5.92 Å². The maximum absolute atomic E-state index is 12.5. The molecule has 2 heterocycles. The van der Waals surface area contributed by atoms with E-state index in [4.69, 9.17) is 14.2 Å². The highest BCUT2D eigenvalue weighted by atomic mass is 16.6. The molecule has 4 bridgehead atoms. The van der Waals surface area contributed by atoms with Crippen LogP contribution in [0.25, 0.3) is 0 Å². The van der Waals surface area contributed by atoms with E-state index in [1.807, 2.05) is 60.7 Å². The number of rotatable bonds is 6. The van der Waals surface area contributed by atoms with Gasteiger partial charge in [0.05, 0.1) is 31.5 Å². The lowest BCUT2D eigenvalue weighted by atomic mass is 9.63. The number of benzene rings is 2. The minimum absolute atomic E-state index is 0.0611. The molecule has 2 aliphatic heterocycles. The Balaban J connectivity index is 1.36. The summed E-state index contributed by atoms with van der Waals surface area (Å²) in [6.07, 6.45) is 0.789. The molecule has 0 spiro atoms. The predicted octanol–water partition coefficient (Wildman–Crippen LogP) is 3.43. The number of hydrogen-bond donors (Lipinski definition) is 1. The molecule has 1 N–H and O–H groups in total. The van der Waals surface area contributed by atoms with Crippen molar-refractivity contribution >= 4 is 5.78 Å². The van der Waals surface area contributed by atoms with Gasteiger partial charge in [0.15, 0.2) is 0 Å². The second kappa shape index (κ2) is 8.23. The molecule has 0 aromatic heterocycles. The average Bonchev–Trinajstić information content (AvgIpc) is 2.77. The maximum Gasteiger partial charge on any atom is 0.136 e. The summed E-state index contributed by atoms with van der Waals surface area (Å²) in [6.45, 7) is 0.868. The third-order valence-corrected chi connectivity index (χ3v) is 6.77. The summed E-state index contributed by atoms with van der Waals surface area (Å²) in [4.78, 5) is 12.5. The number of fused-ring (bicyclic) bond motifs is 6. The molecule has 2 unspecified atom stereocenters. The van der Waals surface area contributed by atoms with E-state index in [1.54, 1.807) is 0 Å². The number of Topliss-reactive ketones (excluding diaryl/α,β-unsaturated/α-hetero) is 1. The first-order chi connectivity index (χ1) is 14.6. The van der Waals surface area contributed by atoms with Gasteiger partial charge < -0.3 is 19.3 Å². The van der Waals surface area contributed by atoms with E-state index < -0.39 is 17.8 Å². The predicted molar refractivity (Wildman–Crippen MR) is 111 cm³/mol. The molecule has 1 aliphatic carbocycles. The van der Waals surface area contributed by atoms with Gasteiger partial charge >= 0.3 is 0 Å². The summed E-state index contributed by atoms with van der Waals surface area (Å²) in [5.41, 5.74) is 0.781. The van der Waals surface area contributed by atoms with Gasteiger partial charge in [-0.05, 0) is 24.0 Å². The van der Waals surface area contributed by atoms with Crippen molar-refractivity contribution < 1.29 is 24.1 Å². The van der Waals surface area contributed by atoms with Gasteiger partial charge in [0, 0.05) is 18.8 Å². The Labute approximate surface area is 177 Å². The molecule has 30 heavy (non-hydrogen) atoms. The Hall–Kier alpha value is -2.05. The minimum atomic E-state index is -1.35. The van der Waals surface area contributed by atoms with Crippen LogP contribution >= 0.6 is 0 Å². The fraction of sp³-hybridized carbons (Fsp3) is 0.480. The Morgan fingerprint density at radius 2 is 1.57 bits per heavy atom. The normalized spacial score (nSPS) is 35.2. The van der Waals surface area contributed by atoms with E-state index in [9.17, 15) is 9.90 Å². The SMILES string of the molecule is O=C1CC2[C@H]3CC[C@@H](OCc4ccccc4)[C@H](O3)C(O)(C1)[C@H]2OCc1ccccc1. The Bertz CT molecular complexity index is 870. The summed E-state index contributed by atoms with van der Waals surface area (Å²) in [6, 6.07) is 19.9.